The number of carbonyl (C=O) groups excluding carboxylic acids is 1. The summed E-state index contributed by atoms with van der Waals surface area (Å²) in [5.74, 6) is -0.301. The molecule has 6 heteroatoms. The van der Waals surface area contributed by atoms with Gasteiger partial charge < -0.3 is 10.2 Å². The van der Waals surface area contributed by atoms with Crippen LogP contribution < -0.4 is 5.32 Å². The van der Waals surface area contributed by atoms with Crippen LogP contribution in [0.3, 0.4) is 0 Å². The van der Waals surface area contributed by atoms with E-state index in [-0.39, 0.29) is 23.5 Å². The number of Topliss-reactive ketones (excluding diaryl/α,β-unsaturated/α-hetero) is 1. The van der Waals surface area contributed by atoms with E-state index in [9.17, 15) is 13.6 Å². The van der Waals surface area contributed by atoms with E-state index in [0.29, 0.717) is 6.42 Å². The molecule has 1 fully saturated rings. The number of hydrogen-bond donors (Lipinski definition) is 1. The molecular formula is C31H35F2N3O. The number of nitrogens with zero attached hydrogens (tertiary/aromatic N) is 2. The monoisotopic (exact) mass is 503 g/mol. The van der Waals surface area contributed by atoms with E-state index in [1.807, 2.05) is 30.3 Å². The number of halogens is 2. The summed E-state index contributed by atoms with van der Waals surface area (Å²) in [4.78, 5) is 17.7. The van der Waals surface area contributed by atoms with Gasteiger partial charge in [0.15, 0.2) is 5.78 Å². The maximum atomic E-state index is 13.6. The Kier molecular flexibility index (Phi) is 8.39. The fourth-order valence-electron chi connectivity index (χ4n) is 5.59. The molecule has 4 nitrogen and oxygen atoms in total. The quantitative estimate of drug-likeness (QED) is 0.419. The fraction of sp³-hybridized carbons (Fsp3) is 0.387. The first-order valence-corrected chi connectivity index (χ1v) is 13.4. The minimum atomic E-state index is -0.261. The molecule has 37 heavy (non-hydrogen) atoms. The summed E-state index contributed by atoms with van der Waals surface area (Å²) in [5.41, 5.74) is 5.45. The van der Waals surface area contributed by atoms with Gasteiger partial charge in [-0.15, -0.1) is 0 Å². The van der Waals surface area contributed by atoms with Crippen LogP contribution >= 0.6 is 0 Å². The summed E-state index contributed by atoms with van der Waals surface area (Å²) in [7, 11) is 0. The van der Waals surface area contributed by atoms with Crippen molar-refractivity contribution in [1.29, 1.82) is 0 Å². The number of aryl methyl sites for hydroxylation is 1. The SMILES string of the molecule is O=C(CCCN1CCN(C(c2ccc(F)cc2)c2ccc(F)cc2)CC1)c1ccc2c(c1)CNCCC2. The number of hydrogen-bond acceptors (Lipinski definition) is 4. The highest BCUT2D eigenvalue weighted by molar-refractivity contribution is 5.96. The lowest BCUT2D eigenvalue weighted by Gasteiger charge is -2.39. The molecule has 3 aromatic carbocycles. The second-order valence-electron chi connectivity index (χ2n) is 10.2. The van der Waals surface area contributed by atoms with Gasteiger partial charge in [0.25, 0.3) is 0 Å². The number of ketones is 1. The van der Waals surface area contributed by atoms with Gasteiger partial charge in [0.1, 0.15) is 11.6 Å². The van der Waals surface area contributed by atoms with Crippen molar-refractivity contribution in [1.82, 2.24) is 15.1 Å². The number of piperazine rings is 1. The van der Waals surface area contributed by atoms with Gasteiger partial charge in [-0.2, -0.15) is 0 Å². The summed E-state index contributed by atoms with van der Waals surface area (Å²) in [6.45, 7) is 6.27. The predicted octanol–water partition coefficient (Wildman–Crippen LogP) is 5.37. The third-order valence-electron chi connectivity index (χ3n) is 7.67. The number of nitrogens with one attached hydrogen (secondary N) is 1. The number of carbonyl (C=O) groups is 1. The van der Waals surface area contributed by atoms with Crippen molar-refractivity contribution < 1.29 is 13.6 Å². The maximum Gasteiger partial charge on any atom is 0.162 e. The van der Waals surface area contributed by atoms with Crippen LogP contribution in [0.15, 0.2) is 66.7 Å². The summed E-state index contributed by atoms with van der Waals surface area (Å²) in [5, 5.41) is 3.44. The first kappa shape index (κ1) is 25.7. The molecule has 1 N–H and O–H groups in total. The molecular weight excluding hydrogens is 468 g/mol. The van der Waals surface area contributed by atoms with E-state index in [1.54, 1.807) is 0 Å². The third-order valence-corrected chi connectivity index (χ3v) is 7.67. The topological polar surface area (TPSA) is 35.6 Å². The molecule has 0 aromatic heterocycles. The molecule has 0 bridgehead atoms. The summed E-state index contributed by atoms with van der Waals surface area (Å²) < 4.78 is 27.2. The predicted molar refractivity (Wildman–Crippen MR) is 143 cm³/mol. The van der Waals surface area contributed by atoms with Gasteiger partial charge in [-0.1, -0.05) is 36.4 Å². The van der Waals surface area contributed by atoms with Gasteiger partial charge in [0.2, 0.25) is 0 Å². The van der Waals surface area contributed by atoms with Crippen LogP contribution in [0.2, 0.25) is 0 Å². The van der Waals surface area contributed by atoms with Crippen LogP contribution in [0.25, 0.3) is 0 Å². The van der Waals surface area contributed by atoms with Crippen molar-refractivity contribution in [2.45, 2.75) is 38.3 Å². The molecule has 2 aliphatic heterocycles. The van der Waals surface area contributed by atoms with Crippen molar-refractivity contribution in [2.75, 3.05) is 39.3 Å². The standard InChI is InChI=1S/C31H35F2N3O/c32-28-11-7-24(8-12-28)31(25-9-13-29(33)14-10-25)36-19-17-35(18-20-36)16-2-4-30(37)26-6-5-23-3-1-15-34-22-27(23)21-26/h5-14,21,31,34H,1-4,15-20,22H2. The van der Waals surface area contributed by atoms with Gasteiger partial charge in [0, 0.05) is 44.7 Å². The molecule has 1 saturated heterocycles. The fourth-order valence-corrected chi connectivity index (χ4v) is 5.59. The molecule has 0 amide bonds. The van der Waals surface area contributed by atoms with Crippen LogP contribution in [-0.4, -0.2) is 54.9 Å². The summed E-state index contributed by atoms with van der Waals surface area (Å²) in [6, 6.07) is 19.4. The zero-order valence-corrected chi connectivity index (χ0v) is 21.3. The van der Waals surface area contributed by atoms with Gasteiger partial charge >= 0.3 is 0 Å². The zero-order valence-electron chi connectivity index (χ0n) is 21.3. The highest BCUT2D eigenvalue weighted by Gasteiger charge is 2.26. The van der Waals surface area contributed by atoms with Crippen LogP contribution in [0.1, 0.15) is 57.9 Å². The zero-order chi connectivity index (χ0) is 25.6. The Morgan fingerprint density at radius 3 is 2.14 bits per heavy atom. The first-order valence-electron chi connectivity index (χ1n) is 13.4. The van der Waals surface area contributed by atoms with E-state index >= 15 is 0 Å². The van der Waals surface area contributed by atoms with Crippen molar-refractivity contribution in [3.63, 3.8) is 0 Å². The molecule has 0 atom stereocenters. The van der Waals surface area contributed by atoms with Crippen LogP contribution in [0.5, 0.6) is 0 Å². The number of benzene rings is 3. The minimum Gasteiger partial charge on any atom is -0.313 e. The Labute approximate surface area is 218 Å². The van der Waals surface area contributed by atoms with Crippen molar-refractivity contribution >= 4 is 5.78 Å². The molecule has 2 aliphatic rings. The van der Waals surface area contributed by atoms with E-state index in [1.165, 1.54) is 35.4 Å². The lowest BCUT2D eigenvalue weighted by atomic mass is 9.96. The lowest BCUT2D eigenvalue weighted by Crippen LogP contribution is -2.48. The Morgan fingerprint density at radius 2 is 1.49 bits per heavy atom. The normalized spacial score (nSPS) is 16.9. The lowest BCUT2D eigenvalue weighted by molar-refractivity contribution is 0.0942. The molecule has 0 saturated carbocycles. The second-order valence-corrected chi connectivity index (χ2v) is 10.2. The molecule has 3 aromatic rings. The van der Waals surface area contributed by atoms with Gasteiger partial charge in [-0.05, 0) is 84.9 Å². The molecule has 5 rings (SSSR count). The second kappa shape index (κ2) is 12.1. The van der Waals surface area contributed by atoms with E-state index in [0.717, 1.165) is 81.8 Å². The largest absolute Gasteiger partial charge is 0.313 e. The Morgan fingerprint density at radius 1 is 0.838 bits per heavy atom. The van der Waals surface area contributed by atoms with Crippen LogP contribution in [-0.2, 0) is 13.0 Å². The number of rotatable bonds is 8. The van der Waals surface area contributed by atoms with E-state index in [2.05, 4.69) is 27.2 Å². The Hall–Kier alpha value is -2.93. The minimum absolute atomic E-state index is 0.0485. The molecule has 0 radical (unpaired) electrons. The average Bonchev–Trinajstić information content (AvgIpc) is 3.17. The van der Waals surface area contributed by atoms with E-state index < -0.39 is 0 Å². The molecule has 2 heterocycles. The first-order chi connectivity index (χ1) is 18.1. The van der Waals surface area contributed by atoms with Crippen LogP contribution in [0.4, 0.5) is 8.78 Å². The van der Waals surface area contributed by atoms with E-state index in [4.69, 9.17) is 0 Å². The third kappa shape index (κ3) is 6.50. The van der Waals surface area contributed by atoms with Crippen molar-refractivity contribution in [3.05, 3.63) is 106 Å². The summed E-state index contributed by atoms with van der Waals surface area (Å²) >= 11 is 0. The molecule has 0 aliphatic carbocycles. The Bertz CT molecular complexity index is 1140. The molecule has 194 valence electrons. The highest BCUT2D eigenvalue weighted by atomic mass is 19.1. The molecule has 0 unspecified atom stereocenters. The van der Waals surface area contributed by atoms with Crippen LogP contribution in [0, 0.1) is 11.6 Å². The van der Waals surface area contributed by atoms with Gasteiger partial charge in [0.05, 0.1) is 6.04 Å². The van der Waals surface area contributed by atoms with Crippen molar-refractivity contribution in [2.24, 2.45) is 0 Å². The van der Waals surface area contributed by atoms with Gasteiger partial charge in [-0.3, -0.25) is 9.69 Å². The Balaban J connectivity index is 1.15. The smallest absolute Gasteiger partial charge is 0.162 e. The maximum absolute atomic E-state index is 13.6. The summed E-state index contributed by atoms with van der Waals surface area (Å²) in [6.07, 6.45) is 3.61. The van der Waals surface area contributed by atoms with Gasteiger partial charge in [-0.25, -0.2) is 8.78 Å². The molecule has 0 spiro atoms. The number of fused-ring (bicyclic) bond motifs is 1. The average molecular weight is 504 g/mol. The van der Waals surface area contributed by atoms with Crippen molar-refractivity contribution in [3.8, 4) is 0 Å². The highest BCUT2D eigenvalue weighted by Crippen LogP contribution is 2.30.